The Bertz CT molecular complexity index is 444. The molecule has 0 bridgehead atoms. The highest BCUT2D eigenvalue weighted by atomic mass is 79.9. The minimum atomic E-state index is -0.518. The highest BCUT2D eigenvalue weighted by Gasteiger charge is 2.24. The van der Waals surface area contributed by atoms with E-state index in [0.29, 0.717) is 16.6 Å². The molecular weight excluding hydrogens is 252 g/mol. The highest BCUT2D eigenvalue weighted by Crippen LogP contribution is 2.30. The summed E-state index contributed by atoms with van der Waals surface area (Å²) in [6.45, 7) is 0.435. The van der Waals surface area contributed by atoms with E-state index < -0.39 is 4.92 Å². The fourth-order valence-corrected chi connectivity index (χ4v) is 1.91. The molecule has 72 valence electrons. The molecule has 5 nitrogen and oxygen atoms in total. The van der Waals surface area contributed by atoms with E-state index in [4.69, 9.17) is 0 Å². The summed E-state index contributed by atoms with van der Waals surface area (Å²) in [5.41, 5.74) is 1.09. The number of nitrogens with zero attached hydrogens (tertiary/aromatic N) is 1. The van der Waals surface area contributed by atoms with Crippen LogP contribution >= 0.6 is 15.9 Å². The van der Waals surface area contributed by atoms with E-state index in [1.807, 2.05) is 0 Å². The molecule has 0 spiro atoms. The summed E-state index contributed by atoms with van der Waals surface area (Å²) in [7, 11) is 0. The predicted molar refractivity (Wildman–Crippen MR) is 52.0 cm³/mol. The Kier molecular flexibility index (Phi) is 1.99. The number of halogens is 1. The molecular formula is C8H5BrN2O3. The Morgan fingerprint density at radius 2 is 2.21 bits per heavy atom. The van der Waals surface area contributed by atoms with Gasteiger partial charge in [-0.2, -0.15) is 0 Å². The number of nitrogens with one attached hydrogen (secondary N) is 1. The van der Waals surface area contributed by atoms with E-state index in [-0.39, 0.29) is 11.6 Å². The third-order valence-corrected chi connectivity index (χ3v) is 2.69. The maximum atomic E-state index is 11.2. The molecule has 0 saturated heterocycles. The molecule has 0 saturated carbocycles. The average Bonchev–Trinajstić information content (AvgIpc) is 2.46. The van der Waals surface area contributed by atoms with Crippen LogP contribution in [0.3, 0.4) is 0 Å². The third-order valence-electron chi connectivity index (χ3n) is 2.05. The molecule has 1 aromatic carbocycles. The Balaban J connectivity index is 2.62. The molecule has 0 aromatic heterocycles. The Hall–Kier alpha value is -1.43. The topological polar surface area (TPSA) is 72.2 Å². The first kappa shape index (κ1) is 9.14. The van der Waals surface area contributed by atoms with Crippen LogP contribution in [0.25, 0.3) is 0 Å². The molecule has 6 heteroatoms. The summed E-state index contributed by atoms with van der Waals surface area (Å²) < 4.78 is 0.401. The van der Waals surface area contributed by atoms with Gasteiger partial charge in [0.1, 0.15) is 0 Å². The van der Waals surface area contributed by atoms with Crippen LogP contribution in [0, 0.1) is 10.1 Å². The summed E-state index contributed by atoms with van der Waals surface area (Å²) in [5.74, 6) is -0.254. The monoisotopic (exact) mass is 256 g/mol. The average molecular weight is 257 g/mol. The summed E-state index contributed by atoms with van der Waals surface area (Å²) in [6, 6.07) is 2.90. The number of fused-ring (bicyclic) bond motifs is 1. The van der Waals surface area contributed by atoms with E-state index >= 15 is 0 Å². The van der Waals surface area contributed by atoms with Crippen molar-refractivity contribution in [2.24, 2.45) is 0 Å². The van der Waals surface area contributed by atoms with E-state index in [9.17, 15) is 14.9 Å². The van der Waals surface area contributed by atoms with Crippen molar-refractivity contribution >= 4 is 27.5 Å². The quantitative estimate of drug-likeness (QED) is 0.613. The smallest absolute Gasteiger partial charge is 0.284 e. The molecule has 0 fully saturated rings. The summed E-state index contributed by atoms with van der Waals surface area (Å²) >= 11 is 3.09. The molecule has 1 heterocycles. The van der Waals surface area contributed by atoms with Crippen LogP contribution in [0.1, 0.15) is 15.9 Å². The SMILES string of the molecule is O=C1NCc2cc(Br)c([N+](=O)[O-])cc21. The van der Waals surface area contributed by atoms with Crippen LogP contribution in [-0.2, 0) is 6.54 Å². The van der Waals surface area contributed by atoms with Crippen molar-refractivity contribution in [1.82, 2.24) is 5.32 Å². The number of carbonyl (C=O) groups is 1. The molecule has 1 aliphatic heterocycles. The summed E-state index contributed by atoms with van der Waals surface area (Å²) in [4.78, 5) is 21.3. The van der Waals surface area contributed by atoms with Crippen molar-refractivity contribution in [3.8, 4) is 0 Å². The Morgan fingerprint density at radius 1 is 1.50 bits per heavy atom. The third kappa shape index (κ3) is 1.27. The van der Waals surface area contributed by atoms with E-state index in [0.717, 1.165) is 5.56 Å². The molecule has 14 heavy (non-hydrogen) atoms. The number of benzene rings is 1. The molecule has 0 aliphatic carbocycles. The maximum absolute atomic E-state index is 11.2. The second-order valence-corrected chi connectivity index (χ2v) is 3.75. The zero-order valence-electron chi connectivity index (χ0n) is 6.91. The first-order valence-electron chi connectivity index (χ1n) is 3.84. The van der Waals surface area contributed by atoms with Crippen molar-refractivity contribution in [3.63, 3.8) is 0 Å². The first-order chi connectivity index (χ1) is 6.59. The van der Waals surface area contributed by atoms with Crippen LogP contribution in [0.5, 0.6) is 0 Å². The lowest BCUT2D eigenvalue weighted by molar-refractivity contribution is -0.385. The highest BCUT2D eigenvalue weighted by molar-refractivity contribution is 9.10. The van der Waals surface area contributed by atoms with Crippen molar-refractivity contribution in [2.45, 2.75) is 6.54 Å². The lowest BCUT2D eigenvalue weighted by Gasteiger charge is -1.98. The lowest BCUT2D eigenvalue weighted by atomic mass is 10.1. The number of amides is 1. The molecule has 0 unspecified atom stereocenters. The largest absolute Gasteiger partial charge is 0.348 e. The van der Waals surface area contributed by atoms with Gasteiger partial charge in [-0.1, -0.05) is 0 Å². The van der Waals surface area contributed by atoms with Gasteiger partial charge in [0.25, 0.3) is 11.6 Å². The predicted octanol–water partition coefficient (Wildman–Crippen LogP) is 1.60. The zero-order valence-corrected chi connectivity index (χ0v) is 8.50. The van der Waals surface area contributed by atoms with Gasteiger partial charge in [0, 0.05) is 12.6 Å². The minimum Gasteiger partial charge on any atom is -0.348 e. The number of rotatable bonds is 1. The fraction of sp³-hybridized carbons (Fsp3) is 0.125. The van der Waals surface area contributed by atoms with Gasteiger partial charge in [0.2, 0.25) is 0 Å². The maximum Gasteiger partial charge on any atom is 0.284 e. The Labute approximate surface area is 87.4 Å². The van der Waals surface area contributed by atoms with Gasteiger partial charge in [-0.3, -0.25) is 14.9 Å². The van der Waals surface area contributed by atoms with Crippen LogP contribution in [0.15, 0.2) is 16.6 Å². The zero-order chi connectivity index (χ0) is 10.3. The molecule has 1 amide bonds. The number of carbonyl (C=O) groups excluding carboxylic acids is 1. The number of hydrogen-bond acceptors (Lipinski definition) is 3. The Morgan fingerprint density at radius 3 is 2.86 bits per heavy atom. The molecule has 0 atom stereocenters. The standard InChI is InChI=1S/C8H5BrN2O3/c9-6-1-4-3-10-8(12)5(4)2-7(6)11(13)14/h1-2H,3H2,(H,10,12). The normalized spacial score (nSPS) is 13.6. The van der Waals surface area contributed by atoms with Gasteiger partial charge >= 0.3 is 0 Å². The molecule has 1 aliphatic rings. The van der Waals surface area contributed by atoms with Crippen molar-refractivity contribution in [2.75, 3.05) is 0 Å². The lowest BCUT2D eigenvalue weighted by Crippen LogP contribution is -2.12. The molecule has 2 rings (SSSR count). The van der Waals surface area contributed by atoms with E-state index in [1.165, 1.54) is 6.07 Å². The number of nitro groups is 1. The van der Waals surface area contributed by atoms with Gasteiger partial charge < -0.3 is 5.32 Å². The van der Waals surface area contributed by atoms with Crippen molar-refractivity contribution in [1.29, 1.82) is 0 Å². The summed E-state index contributed by atoms with van der Waals surface area (Å²) in [5, 5.41) is 13.2. The number of hydrogen-bond donors (Lipinski definition) is 1. The van der Waals surface area contributed by atoms with Gasteiger partial charge in [-0.25, -0.2) is 0 Å². The molecule has 1 N–H and O–H groups in total. The van der Waals surface area contributed by atoms with Crippen molar-refractivity contribution < 1.29 is 9.72 Å². The molecule has 1 aromatic rings. The van der Waals surface area contributed by atoms with Crippen LogP contribution < -0.4 is 5.32 Å². The number of nitro benzene ring substituents is 1. The van der Waals surface area contributed by atoms with Gasteiger partial charge in [-0.05, 0) is 27.6 Å². The van der Waals surface area contributed by atoms with Gasteiger partial charge in [0.15, 0.2) is 0 Å². The first-order valence-corrected chi connectivity index (χ1v) is 4.64. The second kappa shape index (κ2) is 3.06. The van der Waals surface area contributed by atoms with Crippen LogP contribution in [0.2, 0.25) is 0 Å². The van der Waals surface area contributed by atoms with Crippen molar-refractivity contribution in [3.05, 3.63) is 37.8 Å². The molecule has 0 radical (unpaired) electrons. The fourth-order valence-electron chi connectivity index (χ4n) is 1.37. The van der Waals surface area contributed by atoms with Crippen LogP contribution in [-0.4, -0.2) is 10.8 Å². The van der Waals surface area contributed by atoms with Crippen LogP contribution in [0.4, 0.5) is 5.69 Å². The van der Waals surface area contributed by atoms with Gasteiger partial charge in [-0.15, -0.1) is 0 Å². The summed E-state index contributed by atoms with van der Waals surface area (Å²) in [6.07, 6.45) is 0. The van der Waals surface area contributed by atoms with E-state index in [1.54, 1.807) is 6.07 Å². The van der Waals surface area contributed by atoms with Gasteiger partial charge in [0.05, 0.1) is 15.0 Å². The van der Waals surface area contributed by atoms with E-state index in [2.05, 4.69) is 21.2 Å². The second-order valence-electron chi connectivity index (χ2n) is 2.90. The minimum absolute atomic E-state index is 0.0826.